The SMILES string of the molecule is C#CCOCC(O)CO.C=C(C)COC(C)(O)CO.C=C(O)C(C)(O)C(C)OC(O)CCO.C=CC(Cl)SCC(O)CO.C=CCOCC(O)CO.CC(=O)OC(SCC(O)CO)C(O)CCO.CC(O)C(C)(C)O.CC(O)C(C)(O)COC(O)CCO.CCC(C)(O)CO.CCC(O)(C(C)O)C(C)(C)OC(O)CCO.O=[N+]([O-])C(O)CCO. The van der Waals surface area contributed by atoms with Crippen molar-refractivity contribution in [2.75, 3.05) is 124 Å². The molecule has 0 aromatic heterocycles. The molecule has 44 heteroatoms. The van der Waals surface area contributed by atoms with Crippen LogP contribution in [0.25, 0.3) is 0 Å². The molecule has 0 fully saturated rings. The molecule has 20 unspecified atom stereocenters. The second kappa shape index (κ2) is 83.0. The number of ether oxygens (including phenoxy) is 7. The highest BCUT2D eigenvalue weighted by Gasteiger charge is 2.48. The van der Waals surface area contributed by atoms with Gasteiger partial charge in [0.05, 0.1) is 149 Å². The van der Waals surface area contributed by atoms with Crippen LogP contribution in [0.3, 0.4) is 0 Å². The number of aliphatic hydroxyl groups is 30. The first-order chi connectivity index (χ1) is 54.5. The van der Waals surface area contributed by atoms with Crippen molar-refractivity contribution < 1.29 is 196 Å². The maximum absolute atomic E-state index is 10.8. The molecular formula is C75H156ClNO40S2. The lowest BCUT2D eigenvalue weighted by molar-refractivity contribution is -0.571. The largest absolute Gasteiger partial charge is 0.510 e. The number of nitrogens with zero attached hydrogens (tertiary/aromatic N) is 1. The number of terminal acetylenes is 1. The molecule has 0 saturated heterocycles. The highest BCUT2D eigenvalue weighted by atomic mass is 35.5. The maximum atomic E-state index is 10.8. The van der Waals surface area contributed by atoms with Gasteiger partial charge in [-0.25, -0.2) is 0 Å². The molecule has 0 rings (SSSR count). The van der Waals surface area contributed by atoms with Gasteiger partial charge < -0.3 is 186 Å². The minimum Gasteiger partial charge on any atom is -0.510 e. The summed E-state index contributed by atoms with van der Waals surface area (Å²) >= 11 is 7.98. The van der Waals surface area contributed by atoms with E-state index in [-0.39, 0.29) is 135 Å². The Hall–Kier alpha value is -3.22. The second-order valence-corrected chi connectivity index (χ2v) is 30.6. The molecule has 0 bridgehead atoms. The number of thioether (sulfide) groups is 2. The summed E-state index contributed by atoms with van der Waals surface area (Å²) in [5.41, 5.74) is -7.37. The molecule has 0 aliphatic heterocycles. The molecule has 0 aliphatic carbocycles. The molecule has 720 valence electrons. The van der Waals surface area contributed by atoms with Gasteiger partial charge in [-0.3, -0.25) is 14.9 Å². The molecule has 0 saturated carbocycles. The van der Waals surface area contributed by atoms with Crippen LogP contribution in [0.5, 0.6) is 0 Å². The lowest BCUT2D eigenvalue weighted by atomic mass is 9.79. The van der Waals surface area contributed by atoms with Gasteiger partial charge in [0.1, 0.15) is 47.5 Å². The van der Waals surface area contributed by atoms with Crippen LogP contribution < -0.4 is 0 Å². The maximum Gasteiger partial charge on any atom is 0.315 e. The minimum absolute atomic E-state index is 0.0539. The molecule has 0 heterocycles. The number of carbonyl (C=O) groups excluding carboxylic acids is 1. The van der Waals surface area contributed by atoms with Gasteiger partial charge in [0.25, 0.3) is 0 Å². The molecule has 20 atom stereocenters. The van der Waals surface area contributed by atoms with E-state index in [2.05, 4.69) is 37.0 Å². The summed E-state index contributed by atoms with van der Waals surface area (Å²) < 4.78 is 34.0. The molecule has 0 aromatic rings. The van der Waals surface area contributed by atoms with Crippen LogP contribution >= 0.6 is 35.1 Å². The van der Waals surface area contributed by atoms with Gasteiger partial charge in [-0.1, -0.05) is 50.7 Å². The number of carbonyl (C=O) groups is 1. The second-order valence-electron chi connectivity index (χ2n) is 27.6. The van der Waals surface area contributed by atoms with E-state index >= 15 is 0 Å². The van der Waals surface area contributed by atoms with E-state index in [1.807, 2.05) is 6.92 Å². The third-order valence-corrected chi connectivity index (χ3v) is 17.7. The summed E-state index contributed by atoms with van der Waals surface area (Å²) in [7, 11) is 0. The van der Waals surface area contributed by atoms with Crippen LogP contribution in [0.15, 0.2) is 49.8 Å². The molecular weight excluding hydrogens is 1650 g/mol. The van der Waals surface area contributed by atoms with Crippen molar-refractivity contribution in [1.82, 2.24) is 0 Å². The summed E-state index contributed by atoms with van der Waals surface area (Å²) in [5, 5.41) is 275. The Bertz CT molecular complexity index is 2370. The number of nitro groups is 1. The van der Waals surface area contributed by atoms with Crippen LogP contribution in [-0.2, 0) is 38.0 Å². The van der Waals surface area contributed by atoms with Crippen molar-refractivity contribution in [2.45, 2.75) is 285 Å². The summed E-state index contributed by atoms with van der Waals surface area (Å²) in [6.45, 7) is 36.3. The Kier molecular flexibility index (Phi) is 96.9. The molecule has 119 heavy (non-hydrogen) atoms. The van der Waals surface area contributed by atoms with Crippen LogP contribution in [0.2, 0.25) is 0 Å². The number of hydrogen-bond donors (Lipinski definition) is 30. The highest BCUT2D eigenvalue weighted by Crippen LogP contribution is 2.33. The predicted molar refractivity (Wildman–Crippen MR) is 447 cm³/mol. The van der Waals surface area contributed by atoms with Gasteiger partial charge in [0.15, 0.2) is 30.1 Å². The lowest BCUT2D eigenvalue weighted by Crippen LogP contribution is -2.59. The van der Waals surface area contributed by atoms with Crippen molar-refractivity contribution in [3.63, 3.8) is 0 Å². The average Bonchev–Trinajstić information content (AvgIpc) is 0.793. The van der Waals surface area contributed by atoms with E-state index in [9.17, 15) is 45.5 Å². The van der Waals surface area contributed by atoms with E-state index < -0.39 is 155 Å². The number of rotatable bonds is 51. The quantitative estimate of drug-likeness (QED) is 0.00321. The zero-order valence-electron chi connectivity index (χ0n) is 72.2. The highest BCUT2D eigenvalue weighted by molar-refractivity contribution is 8.01. The van der Waals surface area contributed by atoms with Gasteiger partial charge in [0, 0.05) is 70.5 Å². The Balaban J connectivity index is -0.000000121. The Morgan fingerprint density at radius 3 is 1.32 bits per heavy atom. The van der Waals surface area contributed by atoms with E-state index in [0.717, 1.165) is 17.3 Å². The van der Waals surface area contributed by atoms with Gasteiger partial charge in [-0.2, -0.15) is 0 Å². The van der Waals surface area contributed by atoms with Crippen molar-refractivity contribution in [3.05, 3.63) is 59.9 Å². The topological polar surface area (TPSA) is 732 Å². The fraction of sp³-hybridized carbons (Fsp3) is 0.853. The first kappa shape index (κ1) is 139. The number of alkyl halides is 1. The van der Waals surface area contributed by atoms with Crippen LogP contribution in [0.1, 0.15) is 156 Å². The smallest absolute Gasteiger partial charge is 0.315 e. The number of hydrogen-bond acceptors (Lipinski definition) is 42. The molecule has 30 N–H and O–H groups in total. The Morgan fingerprint density at radius 2 is 1.02 bits per heavy atom. The number of halogens is 1. The van der Waals surface area contributed by atoms with E-state index in [1.165, 1.54) is 60.2 Å². The van der Waals surface area contributed by atoms with Crippen LogP contribution in [-0.4, -0.2) is 417 Å². The molecule has 0 amide bonds. The van der Waals surface area contributed by atoms with E-state index in [1.54, 1.807) is 67.5 Å². The standard InChI is InChI=1S/C11H24O5.C9H18O6S.C9H18O5.C8H18O5.C7H14O3.C6H11ClO2S.C6H12O3.C6H10O3.2C5H12O2.C3H7NO4/c1-5-11(15,8(2)13)10(3,4)16-9(14)6-7-12;1-6(12)15-9(8(14)2-3-10)16-5-7(13)4-11;1-6(11)9(3,13)7(2)14-8(12)4-5-10;1-6(10)8(2,12)5-13-7(11)3-4-9;1-6(2)4-10-7(3,9)5-8;1-2-6(7)10-4-5(9)3-8;2*1-2-3-9-5-6(8)4-7;1-4(6)5(2,3)7;1-3-5(2,7)4-6;5-2-1-3(6)4(7)8/h8-9,12-15H,5-7H2,1-4H3;7-11,13-14H,2-5H2,1H3;7-8,10-13H,1,4-5H2,2-3H3;6-7,9-12H,3-5H2,1-2H3;8-9H,1,4-5H2,2-3H3;2,5-6,8-9H,1,3-4H2;2,6-8H,1,3-5H2;1,6-8H,3-5H2;4,6-7H,1-3H3;6-7H,3-4H2,1-2H3;3,5-6H,1-2H2. The fourth-order valence-corrected chi connectivity index (χ4v) is 7.68. The van der Waals surface area contributed by atoms with Gasteiger partial charge >= 0.3 is 12.2 Å². The predicted octanol–water partition coefficient (Wildman–Crippen LogP) is -3.66. The summed E-state index contributed by atoms with van der Waals surface area (Å²) in [6.07, 6.45) is -3.57. The van der Waals surface area contributed by atoms with E-state index in [0.29, 0.717) is 25.2 Å². The van der Waals surface area contributed by atoms with Crippen molar-refractivity contribution in [3.8, 4) is 12.3 Å². The van der Waals surface area contributed by atoms with Gasteiger partial charge in [-0.15, -0.1) is 54.7 Å². The lowest BCUT2D eigenvalue weighted by Gasteiger charge is -2.44. The monoisotopic (exact) mass is 1810 g/mol. The summed E-state index contributed by atoms with van der Waals surface area (Å²) in [6, 6.07) is 0. The molecule has 0 aliphatic rings. The van der Waals surface area contributed by atoms with Gasteiger partial charge in [-0.05, 0) is 103 Å². The van der Waals surface area contributed by atoms with Crippen molar-refractivity contribution in [2.24, 2.45) is 0 Å². The van der Waals surface area contributed by atoms with Gasteiger partial charge in [0.2, 0.25) is 0 Å². The zero-order valence-corrected chi connectivity index (χ0v) is 74.6. The Labute approximate surface area is 715 Å². The number of esters is 1. The summed E-state index contributed by atoms with van der Waals surface area (Å²) in [4.78, 5) is 19.4. The third-order valence-electron chi connectivity index (χ3n) is 14.7. The molecule has 41 nitrogen and oxygen atoms in total. The average molecular weight is 1810 g/mol. The van der Waals surface area contributed by atoms with Crippen molar-refractivity contribution >= 4 is 41.1 Å². The van der Waals surface area contributed by atoms with E-state index in [4.69, 9.17) is 169 Å². The number of aliphatic hydroxyl groups excluding tert-OH is 24. The third kappa shape index (κ3) is 92.3. The molecule has 0 aromatic carbocycles. The molecule has 0 spiro atoms. The van der Waals surface area contributed by atoms with Crippen molar-refractivity contribution in [1.29, 1.82) is 0 Å². The van der Waals surface area contributed by atoms with Crippen LogP contribution in [0.4, 0.5) is 0 Å². The minimum atomic E-state index is -1.61. The Morgan fingerprint density at radius 1 is 0.597 bits per heavy atom. The zero-order chi connectivity index (χ0) is 96.3. The normalized spacial score (nSPS) is 17.2. The first-order valence-corrected chi connectivity index (χ1v) is 39.8. The van der Waals surface area contributed by atoms with Crippen LogP contribution in [0, 0.1) is 22.5 Å². The fourth-order valence-electron chi connectivity index (χ4n) is 5.74. The first-order valence-electron chi connectivity index (χ1n) is 37.3. The molecule has 0 radical (unpaired) electrons. The summed E-state index contributed by atoms with van der Waals surface area (Å²) in [5.74, 6) is 0.400.